The number of hydrogen-bond acceptors (Lipinski definition) is 1. The first-order valence-electron chi connectivity index (χ1n) is 5.12. The van der Waals surface area contributed by atoms with Gasteiger partial charge in [0.25, 0.3) is 0 Å². The second-order valence-corrected chi connectivity index (χ2v) is 3.61. The summed E-state index contributed by atoms with van der Waals surface area (Å²) in [6, 6.07) is 9.12. The summed E-state index contributed by atoms with van der Waals surface area (Å²) >= 11 is 0. The van der Waals surface area contributed by atoms with E-state index in [2.05, 4.69) is 50.4 Å². The molecule has 1 nitrogen and oxygen atoms in total. The van der Waals surface area contributed by atoms with E-state index in [4.69, 9.17) is 0 Å². The number of para-hydroxylation sites is 1. The van der Waals surface area contributed by atoms with E-state index < -0.39 is 0 Å². The van der Waals surface area contributed by atoms with Crippen LogP contribution >= 0.6 is 0 Å². The fraction of sp³-hybridized carbons (Fsp3) is 0.500. The molecule has 0 aromatic heterocycles. The maximum atomic E-state index is 3.40. The lowest BCUT2D eigenvalue weighted by Crippen LogP contribution is -2.08. The molecule has 0 saturated heterocycles. The topological polar surface area (TPSA) is 12.0 Å². The molecule has 1 unspecified atom stereocenters. The van der Waals surface area contributed by atoms with Crippen LogP contribution in [0.5, 0.6) is 0 Å². The van der Waals surface area contributed by atoms with E-state index in [-0.39, 0.29) is 0 Å². The molecule has 1 heterocycles. The molecular weight excluding hydrogens is 158 g/mol. The number of nitrogens with one attached hydrogen (secondary N) is 1. The molecular formula is C12H19N. The zero-order valence-electron chi connectivity index (χ0n) is 8.80. The fourth-order valence-corrected chi connectivity index (χ4v) is 1.49. The van der Waals surface area contributed by atoms with E-state index in [1.54, 1.807) is 0 Å². The third-order valence-electron chi connectivity index (χ3n) is 1.95. The van der Waals surface area contributed by atoms with Gasteiger partial charge in [-0.25, -0.2) is 0 Å². The number of anilines is 1. The second-order valence-electron chi connectivity index (χ2n) is 3.61. The van der Waals surface area contributed by atoms with E-state index in [0.717, 1.165) is 0 Å². The highest BCUT2D eigenvalue weighted by molar-refractivity contribution is 5.56. The summed E-state index contributed by atoms with van der Waals surface area (Å²) in [5.41, 5.74) is 2.77. The third kappa shape index (κ3) is 2.76. The van der Waals surface area contributed by atoms with Crippen molar-refractivity contribution in [2.75, 3.05) is 5.32 Å². The maximum Gasteiger partial charge on any atom is 0.0375 e. The average molecular weight is 177 g/mol. The molecule has 0 saturated carbocycles. The molecule has 0 bridgehead atoms. The summed E-state index contributed by atoms with van der Waals surface area (Å²) in [6.45, 7) is 6.46. The van der Waals surface area contributed by atoms with Crippen molar-refractivity contribution in [2.45, 2.75) is 39.7 Å². The van der Waals surface area contributed by atoms with E-state index >= 15 is 0 Å². The lowest BCUT2D eigenvalue weighted by Gasteiger charge is -2.00. The van der Waals surface area contributed by atoms with Crippen LogP contribution in [0.1, 0.15) is 32.8 Å². The number of fused-ring (bicyclic) bond motifs is 1. The monoisotopic (exact) mass is 177 g/mol. The molecule has 1 N–H and O–H groups in total. The SMILES string of the molecule is CC1Cc2ccccc2N1.CCC. The van der Waals surface area contributed by atoms with Crippen LogP contribution < -0.4 is 5.32 Å². The average Bonchev–Trinajstić information content (AvgIpc) is 2.45. The Morgan fingerprint density at radius 1 is 1.31 bits per heavy atom. The zero-order valence-corrected chi connectivity index (χ0v) is 8.80. The molecule has 1 aromatic carbocycles. The predicted molar refractivity (Wildman–Crippen MR) is 59.2 cm³/mol. The molecule has 13 heavy (non-hydrogen) atoms. The van der Waals surface area contributed by atoms with Crippen molar-refractivity contribution < 1.29 is 0 Å². The minimum atomic E-state index is 0.623. The van der Waals surface area contributed by atoms with Gasteiger partial charge in [-0.2, -0.15) is 0 Å². The van der Waals surface area contributed by atoms with Gasteiger partial charge in [0, 0.05) is 11.7 Å². The highest BCUT2D eigenvalue weighted by Crippen LogP contribution is 2.24. The molecule has 1 aliphatic rings. The van der Waals surface area contributed by atoms with E-state index in [9.17, 15) is 0 Å². The Labute approximate surface area is 81.2 Å². The van der Waals surface area contributed by atoms with Crippen LogP contribution in [0.2, 0.25) is 0 Å². The van der Waals surface area contributed by atoms with Crippen LogP contribution in [0.25, 0.3) is 0 Å². The molecule has 0 aliphatic carbocycles. The molecule has 1 aliphatic heterocycles. The van der Waals surface area contributed by atoms with Crippen LogP contribution in [-0.4, -0.2) is 6.04 Å². The van der Waals surface area contributed by atoms with Gasteiger partial charge in [0.1, 0.15) is 0 Å². The Bertz CT molecular complexity index is 230. The Hall–Kier alpha value is -0.980. The standard InChI is InChI=1S/C9H11N.C3H8/c1-7-6-8-4-2-3-5-9(8)10-7;1-3-2/h2-5,7,10H,6H2,1H3;3H2,1-2H3. The van der Waals surface area contributed by atoms with E-state index in [0.29, 0.717) is 6.04 Å². The summed E-state index contributed by atoms with van der Waals surface area (Å²) in [5, 5.41) is 3.40. The predicted octanol–water partition coefficient (Wildman–Crippen LogP) is 3.46. The van der Waals surface area contributed by atoms with Crippen LogP contribution in [-0.2, 0) is 6.42 Å². The summed E-state index contributed by atoms with van der Waals surface area (Å²) in [6.07, 6.45) is 2.43. The van der Waals surface area contributed by atoms with E-state index in [1.165, 1.54) is 24.1 Å². The molecule has 1 heteroatoms. The number of rotatable bonds is 0. The first kappa shape index (κ1) is 10.1. The second kappa shape index (κ2) is 4.90. The van der Waals surface area contributed by atoms with Crippen LogP contribution in [0.4, 0.5) is 5.69 Å². The van der Waals surface area contributed by atoms with Crippen molar-refractivity contribution in [1.82, 2.24) is 0 Å². The van der Waals surface area contributed by atoms with Gasteiger partial charge >= 0.3 is 0 Å². The molecule has 0 fully saturated rings. The highest BCUT2D eigenvalue weighted by Gasteiger charge is 2.14. The largest absolute Gasteiger partial charge is 0.382 e. The lowest BCUT2D eigenvalue weighted by molar-refractivity contribution is 0.839. The van der Waals surface area contributed by atoms with Crippen molar-refractivity contribution in [2.24, 2.45) is 0 Å². The van der Waals surface area contributed by atoms with Crippen molar-refractivity contribution in [1.29, 1.82) is 0 Å². The molecule has 0 amide bonds. The van der Waals surface area contributed by atoms with Gasteiger partial charge in [-0.15, -0.1) is 0 Å². The van der Waals surface area contributed by atoms with Gasteiger partial charge in [-0.3, -0.25) is 0 Å². The Morgan fingerprint density at radius 2 is 1.92 bits per heavy atom. The van der Waals surface area contributed by atoms with Gasteiger partial charge in [0.15, 0.2) is 0 Å². The van der Waals surface area contributed by atoms with Gasteiger partial charge in [-0.05, 0) is 25.0 Å². The zero-order chi connectivity index (χ0) is 9.68. The highest BCUT2D eigenvalue weighted by atomic mass is 14.9. The van der Waals surface area contributed by atoms with Gasteiger partial charge in [0.2, 0.25) is 0 Å². The minimum Gasteiger partial charge on any atom is -0.382 e. The smallest absolute Gasteiger partial charge is 0.0375 e. The first-order chi connectivity index (χ1) is 6.27. The van der Waals surface area contributed by atoms with Crippen LogP contribution in [0, 0.1) is 0 Å². The van der Waals surface area contributed by atoms with Crippen LogP contribution in [0.3, 0.4) is 0 Å². The van der Waals surface area contributed by atoms with Crippen molar-refractivity contribution in [3.63, 3.8) is 0 Å². The first-order valence-corrected chi connectivity index (χ1v) is 5.12. The Kier molecular flexibility index (Phi) is 3.81. The van der Waals surface area contributed by atoms with Crippen molar-refractivity contribution >= 4 is 5.69 Å². The number of benzene rings is 1. The van der Waals surface area contributed by atoms with Gasteiger partial charge < -0.3 is 5.32 Å². The molecule has 1 aromatic rings. The fourth-order valence-electron chi connectivity index (χ4n) is 1.49. The summed E-state index contributed by atoms with van der Waals surface area (Å²) in [7, 11) is 0. The minimum absolute atomic E-state index is 0.623. The quantitative estimate of drug-likeness (QED) is 0.640. The number of hydrogen-bond donors (Lipinski definition) is 1. The Morgan fingerprint density at radius 3 is 2.54 bits per heavy atom. The summed E-state index contributed by atoms with van der Waals surface area (Å²) in [4.78, 5) is 0. The van der Waals surface area contributed by atoms with Crippen molar-refractivity contribution in [3.05, 3.63) is 29.8 Å². The van der Waals surface area contributed by atoms with E-state index in [1.807, 2.05) is 0 Å². The third-order valence-corrected chi connectivity index (χ3v) is 1.95. The molecule has 72 valence electrons. The van der Waals surface area contributed by atoms with Gasteiger partial charge in [-0.1, -0.05) is 38.5 Å². The lowest BCUT2D eigenvalue weighted by atomic mass is 10.1. The maximum absolute atomic E-state index is 3.40. The molecule has 0 radical (unpaired) electrons. The molecule has 1 atom stereocenters. The Balaban J connectivity index is 0.000000251. The van der Waals surface area contributed by atoms with Crippen LogP contribution in [0.15, 0.2) is 24.3 Å². The van der Waals surface area contributed by atoms with Crippen molar-refractivity contribution in [3.8, 4) is 0 Å². The molecule has 2 rings (SSSR count). The van der Waals surface area contributed by atoms with Gasteiger partial charge in [0.05, 0.1) is 0 Å². The summed E-state index contributed by atoms with van der Waals surface area (Å²) < 4.78 is 0. The molecule has 0 spiro atoms. The normalized spacial score (nSPS) is 18.2. The summed E-state index contributed by atoms with van der Waals surface area (Å²) in [5.74, 6) is 0.